The highest BCUT2D eigenvalue weighted by Crippen LogP contribution is 2.24. The molecule has 3 rings (SSSR count). The Labute approximate surface area is 193 Å². The van der Waals surface area contributed by atoms with Gasteiger partial charge in [0.15, 0.2) is 16.4 Å². The van der Waals surface area contributed by atoms with Gasteiger partial charge in [0, 0.05) is 28.9 Å². The first-order chi connectivity index (χ1) is 15.5. The van der Waals surface area contributed by atoms with Crippen molar-refractivity contribution in [3.63, 3.8) is 0 Å². The molecule has 0 saturated heterocycles. The van der Waals surface area contributed by atoms with Gasteiger partial charge in [0.2, 0.25) is 5.78 Å². The number of aryl methyl sites for hydroxylation is 2. The van der Waals surface area contributed by atoms with Crippen LogP contribution in [0.5, 0.6) is 5.75 Å². The van der Waals surface area contributed by atoms with Crippen molar-refractivity contribution in [1.82, 2.24) is 4.57 Å². The van der Waals surface area contributed by atoms with Crippen LogP contribution in [-0.4, -0.2) is 44.2 Å². The normalized spacial score (nSPS) is 11.3. The number of rotatable bonds is 8. The molecular formula is C25H27NO6S. The SMILES string of the molecule is CCOc1ccc(-n2c(C)cc(C(=O)COC(=O)c3cc(S(C)(=O)=O)ccc3C)c2C)cc1. The van der Waals surface area contributed by atoms with Crippen LogP contribution in [0, 0.1) is 20.8 Å². The van der Waals surface area contributed by atoms with Crippen LogP contribution in [0.3, 0.4) is 0 Å². The van der Waals surface area contributed by atoms with E-state index >= 15 is 0 Å². The number of hydrogen-bond acceptors (Lipinski definition) is 6. The van der Waals surface area contributed by atoms with E-state index in [0.29, 0.717) is 17.7 Å². The molecule has 0 aliphatic heterocycles. The molecule has 33 heavy (non-hydrogen) atoms. The molecule has 1 heterocycles. The maximum absolute atomic E-state index is 12.8. The number of nitrogens with zero attached hydrogens (tertiary/aromatic N) is 1. The molecular weight excluding hydrogens is 442 g/mol. The summed E-state index contributed by atoms with van der Waals surface area (Å²) in [7, 11) is -3.48. The molecule has 0 atom stereocenters. The van der Waals surface area contributed by atoms with E-state index in [4.69, 9.17) is 9.47 Å². The predicted octanol–water partition coefficient (Wildman–Crippen LogP) is 4.24. The van der Waals surface area contributed by atoms with Crippen molar-refractivity contribution in [2.45, 2.75) is 32.6 Å². The average molecular weight is 470 g/mol. The lowest BCUT2D eigenvalue weighted by Crippen LogP contribution is -2.16. The molecule has 0 aliphatic carbocycles. The third kappa shape index (κ3) is 5.34. The van der Waals surface area contributed by atoms with Crippen LogP contribution in [0.25, 0.3) is 5.69 Å². The summed E-state index contributed by atoms with van der Waals surface area (Å²) in [4.78, 5) is 25.4. The molecule has 7 nitrogen and oxygen atoms in total. The first-order valence-electron chi connectivity index (χ1n) is 10.5. The number of carbonyl (C=O) groups is 2. The molecule has 3 aromatic rings. The van der Waals surface area contributed by atoms with Crippen molar-refractivity contribution in [3.05, 3.63) is 76.6 Å². The van der Waals surface area contributed by atoms with Crippen molar-refractivity contribution in [3.8, 4) is 11.4 Å². The van der Waals surface area contributed by atoms with E-state index in [1.54, 1.807) is 19.1 Å². The van der Waals surface area contributed by atoms with E-state index in [1.807, 2.05) is 49.6 Å². The number of esters is 1. The molecule has 0 amide bonds. The molecule has 0 saturated carbocycles. The summed E-state index contributed by atoms with van der Waals surface area (Å²) in [5, 5.41) is 0. The fraction of sp³-hybridized carbons (Fsp3) is 0.280. The molecule has 0 bridgehead atoms. The van der Waals surface area contributed by atoms with Crippen LogP contribution in [0.2, 0.25) is 0 Å². The van der Waals surface area contributed by atoms with Crippen LogP contribution < -0.4 is 4.74 Å². The number of carbonyl (C=O) groups excluding carboxylic acids is 2. The Morgan fingerprint density at radius 3 is 2.21 bits per heavy atom. The second kappa shape index (κ2) is 9.62. The minimum absolute atomic E-state index is 0.0188. The zero-order valence-corrected chi connectivity index (χ0v) is 20.2. The highest BCUT2D eigenvalue weighted by Gasteiger charge is 2.20. The Balaban J connectivity index is 1.78. The van der Waals surface area contributed by atoms with Gasteiger partial charge in [-0.05, 0) is 75.7 Å². The maximum Gasteiger partial charge on any atom is 0.338 e. The fourth-order valence-electron chi connectivity index (χ4n) is 3.64. The molecule has 0 fully saturated rings. The quantitative estimate of drug-likeness (QED) is 0.362. The molecule has 0 radical (unpaired) electrons. The summed E-state index contributed by atoms with van der Waals surface area (Å²) in [5.74, 6) is -0.320. The van der Waals surface area contributed by atoms with E-state index in [0.717, 1.165) is 29.1 Å². The van der Waals surface area contributed by atoms with Gasteiger partial charge in [-0.2, -0.15) is 0 Å². The highest BCUT2D eigenvalue weighted by molar-refractivity contribution is 7.90. The fourth-order valence-corrected chi connectivity index (χ4v) is 4.29. The first-order valence-corrected chi connectivity index (χ1v) is 12.3. The van der Waals surface area contributed by atoms with Crippen molar-refractivity contribution in [2.75, 3.05) is 19.5 Å². The van der Waals surface area contributed by atoms with Gasteiger partial charge in [-0.25, -0.2) is 13.2 Å². The van der Waals surface area contributed by atoms with Gasteiger partial charge in [0.1, 0.15) is 5.75 Å². The monoisotopic (exact) mass is 469 g/mol. The molecule has 2 aromatic carbocycles. The lowest BCUT2D eigenvalue weighted by Gasteiger charge is -2.11. The number of aromatic nitrogens is 1. The molecule has 1 aromatic heterocycles. The third-order valence-electron chi connectivity index (χ3n) is 5.33. The van der Waals surface area contributed by atoms with Crippen LogP contribution in [0.1, 0.15) is 44.6 Å². The minimum atomic E-state index is -3.48. The van der Waals surface area contributed by atoms with Gasteiger partial charge >= 0.3 is 5.97 Å². The highest BCUT2D eigenvalue weighted by atomic mass is 32.2. The predicted molar refractivity (Wildman–Crippen MR) is 125 cm³/mol. The van der Waals surface area contributed by atoms with Gasteiger partial charge < -0.3 is 14.0 Å². The summed E-state index contributed by atoms with van der Waals surface area (Å²) in [6, 6.07) is 13.6. The number of Topliss-reactive ketones (excluding diaryl/α,β-unsaturated/α-hetero) is 1. The summed E-state index contributed by atoms with van der Waals surface area (Å²) in [5.41, 5.74) is 3.61. The zero-order valence-electron chi connectivity index (χ0n) is 19.3. The smallest absolute Gasteiger partial charge is 0.338 e. The molecule has 0 aliphatic rings. The van der Waals surface area contributed by atoms with Gasteiger partial charge in [0.05, 0.1) is 17.1 Å². The van der Waals surface area contributed by atoms with Crippen LogP contribution in [-0.2, 0) is 14.6 Å². The Bertz CT molecular complexity index is 1300. The van der Waals surface area contributed by atoms with Crippen LogP contribution in [0.4, 0.5) is 0 Å². The summed E-state index contributed by atoms with van der Waals surface area (Å²) >= 11 is 0. The summed E-state index contributed by atoms with van der Waals surface area (Å²) < 4.78 is 36.3. The second-order valence-corrected chi connectivity index (χ2v) is 9.81. The summed E-state index contributed by atoms with van der Waals surface area (Å²) in [6.07, 6.45) is 1.07. The van der Waals surface area contributed by atoms with Crippen LogP contribution >= 0.6 is 0 Å². The van der Waals surface area contributed by atoms with E-state index in [2.05, 4.69) is 0 Å². The van der Waals surface area contributed by atoms with Crippen molar-refractivity contribution >= 4 is 21.6 Å². The third-order valence-corrected chi connectivity index (χ3v) is 6.44. The average Bonchev–Trinajstić information content (AvgIpc) is 3.06. The molecule has 0 unspecified atom stereocenters. The standard InChI is InChI=1S/C25H27NO6S/c1-6-31-20-10-8-19(9-11-20)26-17(3)13-23(18(26)4)24(27)15-32-25(28)22-14-21(33(5,29)30)12-7-16(22)2/h7-14H,6,15H2,1-5H3. The van der Waals surface area contributed by atoms with Crippen LogP contribution in [0.15, 0.2) is 53.4 Å². The second-order valence-electron chi connectivity index (χ2n) is 7.80. The van der Waals surface area contributed by atoms with Gasteiger partial charge in [-0.3, -0.25) is 4.79 Å². The van der Waals surface area contributed by atoms with Crippen molar-refractivity contribution in [1.29, 1.82) is 0 Å². The topological polar surface area (TPSA) is 91.7 Å². The van der Waals surface area contributed by atoms with E-state index in [-0.39, 0.29) is 16.2 Å². The number of benzene rings is 2. The molecule has 8 heteroatoms. The number of sulfone groups is 1. The van der Waals surface area contributed by atoms with E-state index < -0.39 is 22.4 Å². The molecule has 0 N–H and O–H groups in total. The Morgan fingerprint density at radius 2 is 1.61 bits per heavy atom. The summed E-state index contributed by atoms with van der Waals surface area (Å²) in [6.45, 7) is 7.45. The number of ketones is 1. The zero-order chi connectivity index (χ0) is 24.3. The number of ether oxygens (including phenoxy) is 2. The van der Waals surface area contributed by atoms with E-state index in [1.165, 1.54) is 12.1 Å². The van der Waals surface area contributed by atoms with Gasteiger partial charge in [-0.15, -0.1) is 0 Å². The van der Waals surface area contributed by atoms with Crippen molar-refractivity contribution < 1.29 is 27.5 Å². The van der Waals surface area contributed by atoms with Gasteiger partial charge in [0.25, 0.3) is 0 Å². The Hall–Kier alpha value is -3.39. The lowest BCUT2D eigenvalue weighted by atomic mass is 10.1. The first kappa shape index (κ1) is 24.3. The Morgan fingerprint density at radius 1 is 0.939 bits per heavy atom. The largest absolute Gasteiger partial charge is 0.494 e. The Kier molecular flexibility index (Phi) is 7.07. The lowest BCUT2D eigenvalue weighted by molar-refractivity contribution is 0.0473. The number of hydrogen-bond donors (Lipinski definition) is 0. The maximum atomic E-state index is 12.8. The van der Waals surface area contributed by atoms with E-state index in [9.17, 15) is 18.0 Å². The minimum Gasteiger partial charge on any atom is -0.494 e. The molecule has 0 spiro atoms. The molecule has 174 valence electrons. The van der Waals surface area contributed by atoms with Crippen molar-refractivity contribution in [2.24, 2.45) is 0 Å². The van der Waals surface area contributed by atoms with Gasteiger partial charge in [-0.1, -0.05) is 6.07 Å².